The number of nitrogens with zero attached hydrogens (tertiary/aromatic N) is 5. The van der Waals surface area contributed by atoms with Gasteiger partial charge in [0.05, 0.1) is 18.9 Å². The summed E-state index contributed by atoms with van der Waals surface area (Å²) < 4.78 is 26.3. The minimum absolute atomic E-state index is 0.276. The number of anilines is 1. The SMILES string of the molecule is Fc1ccc(-c2nc(CSc3nnc(N4CCOCC4)n3C3CC3)co2)cc1. The van der Waals surface area contributed by atoms with Gasteiger partial charge in [-0.2, -0.15) is 0 Å². The van der Waals surface area contributed by atoms with E-state index in [0.717, 1.165) is 48.7 Å². The summed E-state index contributed by atoms with van der Waals surface area (Å²) in [7, 11) is 0. The van der Waals surface area contributed by atoms with Gasteiger partial charge in [0, 0.05) is 30.4 Å². The molecule has 0 amide bonds. The van der Waals surface area contributed by atoms with Gasteiger partial charge in [0.15, 0.2) is 5.16 Å². The van der Waals surface area contributed by atoms with Crippen LogP contribution in [0.4, 0.5) is 10.3 Å². The third-order valence-electron chi connectivity index (χ3n) is 4.84. The molecule has 0 radical (unpaired) electrons. The molecule has 146 valence electrons. The molecule has 2 fully saturated rings. The van der Waals surface area contributed by atoms with Gasteiger partial charge in [-0.05, 0) is 37.1 Å². The van der Waals surface area contributed by atoms with E-state index in [0.29, 0.717) is 17.7 Å². The second-order valence-electron chi connectivity index (χ2n) is 6.92. The van der Waals surface area contributed by atoms with E-state index in [1.54, 1.807) is 30.2 Å². The lowest BCUT2D eigenvalue weighted by molar-refractivity contribution is 0.121. The lowest BCUT2D eigenvalue weighted by Crippen LogP contribution is -2.38. The minimum atomic E-state index is -0.276. The van der Waals surface area contributed by atoms with Gasteiger partial charge in [-0.1, -0.05) is 11.8 Å². The monoisotopic (exact) mass is 401 g/mol. The molecule has 2 aromatic heterocycles. The van der Waals surface area contributed by atoms with Gasteiger partial charge in [-0.3, -0.25) is 4.57 Å². The van der Waals surface area contributed by atoms with Crippen LogP contribution in [0.3, 0.4) is 0 Å². The van der Waals surface area contributed by atoms with Crippen molar-refractivity contribution in [2.24, 2.45) is 0 Å². The van der Waals surface area contributed by atoms with Crippen molar-refractivity contribution in [3.63, 3.8) is 0 Å². The second-order valence-corrected chi connectivity index (χ2v) is 7.87. The van der Waals surface area contributed by atoms with E-state index in [9.17, 15) is 4.39 Å². The van der Waals surface area contributed by atoms with Crippen molar-refractivity contribution in [1.82, 2.24) is 19.7 Å². The molecule has 0 N–H and O–H groups in total. The van der Waals surface area contributed by atoms with Crippen molar-refractivity contribution < 1.29 is 13.5 Å². The fraction of sp³-hybridized carbons (Fsp3) is 0.421. The number of thioether (sulfide) groups is 1. The molecule has 28 heavy (non-hydrogen) atoms. The highest BCUT2D eigenvalue weighted by atomic mass is 32.2. The Morgan fingerprint density at radius 1 is 1.11 bits per heavy atom. The maximum atomic E-state index is 13.1. The summed E-state index contributed by atoms with van der Waals surface area (Å²) >= 11 is 1.61. The lowest BCUT2D eigenvalue weighted by atomic mass is 10.2. The molecule has 1 saturated heterocycles. The highest BCUT2D eigenvalue weighted by molar-refractivity contribution is 7.98. The lowest BCUT2D eigenvalue weighted by Gasteiger charge is -2.27. The number of benzene rings is 1. The Morgan fingerprint density at radius 2 is 1.89 bits per heavy atom. The normalized spacial score (nSPS) is 17.2. The number of hydrogen-bond acceptors (Lipinski definition) is 7. The quantitative estimate of drug-likeness (QED) is 0.585. The average molecular weight is 401 g/mol. The van der Waals surface area contributed by atoms with E-state index in [1.807, 2.05) is 0 Å². The third kappa shape index (κ3) is 3.64. The van der Waals surface area contributed by atoms with Crippen LogP contribution in [0.25, 0.3) is 11.5 Å². The van der Waals surface area contributed by atoms with Crippen LogP contribution in [0.5, 0.6) is 0 Å². The molecule has 2 aliphatic rings. The van der Waals surface area contributed by atoms with E-state index < -0.39 is 0 Å². The van der Waals surface area contributed by atoms with Gasteiger partial charge < -0.3 is 14.1 Å². The summed E-state index contributed by atoms with van der Waals surface area (Å²) in [5.74, 6) is 1.80. The standard InChI is InChI=1S/C19H20FN5O2S/c20-14-3-1-13(2-4-14)17-21-15(11-27-17)12-28-19-23-22-18(25(19)16-5-6-16)24-7-9-26-10-8-24/h1-4,11,16H,5-10,12H2. The Balaban J connectivity index is 1.30. The highest BCUT2D eigenvalue weighted by Gasteiger charge is 2.32. The first-order valence-electron chi connectivity index (χ1n) is 9.38. The second kappa shape index (κ2) is 7.56. The van der Waals surface area contributed by atoms with E-state index in [-0.39, 0.29) is 5.82 Å². The van der Waals surface area contributed by atoms with Crippen LogP contribution < -0.4 is 4.90 Å². The van der Waals surface area contributed by atoms with E-state index >= 15 is 0 Å². The van der Waals surface area contributed by atoms with Crippen LogP contribution in [0.15, 0.2) is 40.1 Å². The summed E-state index contributed by atoms with van der Waals surface area (Å²) in [6.07, 6.45) is 3.98. The van der Waals surface area contributed by atoms with Gasteiger partial charge in [-0.15, -0.1) is 10.2 Å². The summed E-state index contributed by atoms with van der Waals surface area (Å²) in [5.41, 5.74) is 1.58. The van der Waals surface area contributed by atoms with Gasteiger partial charge in [0.25, 0.3) is 0 Å². The summed E-state index contributed by atoms with van der Waals surface area (Å²) in [4.78, 5) is 6.77. The third-order valence-corrected chi connectivity index (χ3v) is 5.82. The van der Waals surface area contributed by atoms with Crippen LogP contribution in [-0.4, -0.2) is 46.1 Å². The largest absolute Gasteiger partial charge is 0.444 e. The van der Waals surface area contributed by atoms with Crippen molar-refractivity contribution in [3.05, 3.63) is 42.0 Å². The summed E-state index contributed by atoms with van der Waals surface area (Å²) in [6.45, 7) is 3.15. The van der Waals surface area contributed by atoms with E-state index in [2.05, 4.69) is 24.6 Å². The zero-order valence-corrected chi connectivity index (χ0v) is 16.1. The number of morpholine rings is 1. The van der Waals surface area contributed by atoms with Crippen LogP contribution in [0, 0.1) is 5.82 Å². The molecule has 1 aromatic carbocycles. The van der Waals surface area contributed by atoms with Crippen LogP contribution in [0.1, 0.15) is 24.6 Å². The molecule has 1 aliphatic heterocycles. The first kappa shape index (κ1) is 17.7. The van der Waals surface area contributed by atoms with Crippen molar-refractivity contribution in [2.45, 2.75) is 29.8 Å². The van der Waals surface area contributed by atoms with Gasteiger partial charge in [0.1, 0.15) is 12.1 Å². The van der Waals surface area contributed by atoms with E-state index in [4.69, 9.17) is 9.15 Å². The first-order chi connectivity index (χ1) is 13.8. The van der Waals surface area contributed by atoms with Crippen molar-refractivity contribution in [2.75, 3.05) is 31.2 Å². The Morgan fingerprint density at radius 3 is 2.64 bits per heavy atom. The molecule has 0 atom stereocenters. The Bertz CT molecular complexity index is 948. The Hall–Kier alpha value is -2.39. The molecular weight excluding hydrogens is 381 g/mol. The molecule has 9 heteroatoms. The predicted molar refractivity (Wildman–Crippen MR) is 103 cm³/mol. The fourth-order valence-electron chi connectivity index (χ4n) is 3.24. The molecule has 3 heterocycles. The maximum Gasteiger partial charge on any atom is 0.228 e. The van der Waals surface area contributed by atoms with Crippen molar-refractivity contribution in [1.29, 1.82) is 0 Å². The van der Waals surface area contributed by atoms with Crippen LogP contribution in [-0.2, 0) is 10.5 Å². The zero-order chi connectivity index (χ0) is 18.9. The Kier molecular flexibility index (Phi) is 4.77. The van der Waals surface area contributed by atoms with Gasteiger partial charge in [0.2, 0.25) is 11.8 Å². The van der Waals surface area contributed by atoms with Crippen LogP contribution >= 0.6 is 11.8 Å². The van der Waals surface area contributed by atoms with Crippen molar-refractivity contribution >= 4 is 17.7 Å². The van der Waals surface area contributed by atoms with E-state index in [1.165, 1.54) is 25.0 Å². The maximum absolute atomic E-state index is 13.1. The number of rotatable bonds is 6. The number of aromatic nitrogens is 4. The first-order valence-corrected chi connectivity index (χ1v) is 10.4. The van der Waals surface area contributed by atoms with Crippen molar-refractivity contribution in [3.8, 4) is 11.5 Å². The molecule has 0 unspecified atom stereocenters. The molecule has 7 nitrogen and oxygen atoms in total. The minimum Gasteiger partial charge on any atom is -0.444 e. The molecule has 1 saturated carbocycles. The summed E-state index contributed by atoms with van der Waals surface area (Å²) in [5, 5.41) is 9.81. The molecule has 3 aromatic rings. The summed E-state index contributed by atoms with van der Waals surface area (Å²) in [6, 6.07) is 6.62. The smallest absolute Gasteiger partial charge is 0.228 e. The molecule has 0 bridgehead atoms. The number of ether oxygens (including phenoxy) is 1. The molecular formula is C19H20FN5O2S. The van der Waals surface area contributed by atoms with Gasteiger partial charge >= 0.3 is 0 Å². The van der Waals surface area contributed by atoms with Gasteiger partial charge in [-0.25, -0.2) is 9.37 Å². The Labute approximate surface area is 165 Å². The molecule has 1 aliphatic carbocycles. The number of oxazole rings is 1. The zero-order valence-electron chi connectivity index (χ0n) is 15.3. The highest BCUT2D eigenvalue weighted by Crippen LogP contribution is 2.41. The number of halogens is 1. The topological polar surface area (TPSA) is 69.2 Å². The molecule has 0 spiro atoms. The molecule has 5 rings (SSSR count). The number of hydrogen-bond donors (Lipinski definition) is 0. The fourth-order valence-corrected chi connectivity index (χ4v) is 4.11. The average Bonchev–Trinajstić information content (AvgIpc) is 3.30. The van der Waals surface area contributed by atoms with Crippen LogP contribution in [0.2, 0.25) is 0 Å². The predicted octanol–water partition coefficient (Wildman–Crippen LogP) is 3.54.